The van der Waals surface area contributed by atoms with E-state index in [-0.39, 0.29) is 10.5 Å². The van der Waals surface area contributed by atoms with Gasteiger partial charge in [0.25, 0.3) is 5.91 Å². The van der Waals surface area contributed by atoms with Crippen LogP contribution in [0.2, 0.25) is 0 Å². The van der Waals surface area contributed by atoms with Crippen molar-refractivity contribution in [2.45, 2.75) is 11.3 Å². The lowest BCUT2D eigenvalue weighted by molar-refractivity contribution is -0.124. The molecule has 0 saturated carbocycles. The quantitative estimate of drug-likeness (QED) is 0.709. The van der Waals surface area contributed by atoms with Gasteiger partial charge in [-0.15, -0.1) is 0 Å². The fourth-order valence-electron chi connectivity index (χ4n) is 2.04. The molecule has 0 radical (unpaired) electrons. The van der Waals surface area contributed by atoms with Gasteiger partial charge in [0.1, 0.15) is 0 Å². The van der Waals surface area contributed by atoms with Crippen LogP contribution in [0.5, 0.6) is 0 Å². The van der Waals surface area contributed by atoms with E-state index < -0.39 is 28.5 Å². The molecular weight excluding hydrogens is 344 g/mol. The Kier molecular flexibility index (Phi) is 6.26. The van der Waals surface area contributed by atoms with Crippen molar-refractivity contribution in [3.63, 3.8) is 0 Å². The molecule has 7 nitrogen and oxygen atoms in total. The number of benzene rings is 2. The zero-order valence-corrected chi connectivity index (χ0v) is 14.2. The molecule has 132 valence electrons. The Morgan fingerprint density at radius 2 is 1.64 bits per heavy atom. The Hall–Kier alpha value is -2.71. The van der Waals surface area contributed by atoms with Crippen molar-refractivity contribution in [2.75, 3.05) is 13.2 Å². The minimum absolute atomic E-state index is 0.109. The summed E-state index contributed by atoms with van der Waals surface area (Å²) in [6, 6.07) is 14.6. The van der Waals surface area contributed by atoms with E-state index in [1.807, 2.05) is 30.3 Å². The van der Waals surface area contributed by atoms with E-state index in [0.717, 1.165) is 5.56 Å². The zero-order chi connectivity index (χ0) is 18.3. The van der Waals surface area contributed by atoms with Crippen molar-refractivity contribution < 1.29 is 22.7 Å². The van der Waals surface area contributed by atoms with Gasteiger partial charge in [0.2, 0.25) is 10.0 Å². The van der Waals surface area contributed by atoms with Crippen LogP contribution in [0.3, 0.4) is 0 Å². The number of primary sulfonamides is 1. The molecule has 0 unspecified atom stereocenters. The molecule has 8 heteroatoms. The Balaban J connectivity index is 1.76. The van der Waals surface area contributed by atoms with E-state index in [0.29, 0.717) is 13.0 Å². The standard InChI is InChI=1S/C17H18N2O5S/c18-25(22,23)15-8-6-14(7-9-15)17(21)24-12-16(20)19-11-10-13-4-2-1-3-5-13/h1-9H,10-12H2,(H,19,20)(H2,18,22,23). The monoisotopic (exact) mass is 362 g/mol. The highest BCUT2D eigenvalue weighted by atomic mass is 32.2. The molecule has 0 spiro atoms. The van der Waals surface area contributed by atoms with Crippen LogP contribution in [0, 0.1) is 0 Å². The summed E-state index contributed by atoms with van der Waals surface area (Å²) in [5.74, 6) is -1.13. The van der Waals surface area contributed by atoms with Gasteiger partial charge in [-0.2, -0.15) is 0 Å². The smallest absolute Gasteiger partial charge is 0.338 e. The van der Waals surface area contributed by atoms with E-state index in [1.54, 1.807) is 0 Å². The summed E-state index contributed by atoms with van der Waals surface area (Å²) < 4.78 is 27.2. The first-order valence-corrected chi connectivity index (χ1v) is 9.01. The van der Waals surface area contributed by atoms with Crippen molar-refractivity contribution in [1.82, 2.24) is 5.32 Å². The number of hydrogen-bond acceptors (Lipinski definition) is 5. The maximum absolute atomic E-state index is 11.8. The zero-order valence-electron chi connectivity index (χ0n) is 13.3. The number of rotatable bonds is 7. The second-order valence-electron chi connectivity index (χ2n) is 5.23. The Bertz CT molecular complexity index is 833. The van der Waals surface area contributed by atoms with E-state index >= 15 is 0 Å². The van der Waals surface area contributed by atoms with Gasteiger partial charge < -0.3 is 10.1 Å². The minimum atomic E-state index is -3.82. The molecule has 0 saturated heterocycles. The largest absolute Gasteiger partial charge is 0.452 e. The molecule has 1 amide bonds. The normalized spacial score (nSPS) is 10.9. The van der Waals surface area contributed by atoms with Crippen LogP contribution < -0.4 is 10.5 Å². The third-order valence-corrected chi connectivity index (χ3v) is 4.26. The predicted octanol–water partition coefficient (Wildman–Crippen LogP) is 0.850. The number of nitrogens with two attached hydrogens (primary N) is 1. The Labute approximate surface area is 145 Å². The topological polar surface area (TPSA) is 116 Å². The number of amides is 1. The number of hydrogen-bond donors (Lipinski definition) is 2. The van der Waals surface area contributed by atoms with Crippen molar-refractivity contribution in [2.24, 2.45) is 5.14 Å². The maximum atomic E-state index is 11.8. The van der Waals surface area contributed by atoms with E-state index in [4.69, 9.17) is 9.88 Å². The average molecular weight is 362 g/mol. The number of nitrogens with one attached hydrogen (secondary N) is 1. The Morgan fingerprint density at radius 1 is 1.00 bits per heavy atom. The summed E-state index contributed by atoms with van der Waals surface area (Å²) in [6.07, 6.45) is 0.676. The number of ether oxygens (including phenoxy) is 1. The molecule has 2 aromatic carbocycles. The van der Waals surface area contributed by atoms with Crippen molar-refractivity contribution in [3.8, 4) is 0 Å². The van der Waals surface area contributed by atoms with Crippen LogP contribution in [-0.2, 0) is 26.0 Å². The second kappa shape index (κ2) is 8.41. The first-order chi connectivity index (χ1) is 11.9. The predicted molar refractivity (Wildman–Crippen MR) is 91.3 cm³/mol. The molecule has 0 atom stereocenters. The van der Waals surface area contributed by atoms with Crippen molar-refractivity contribution >= 4 is 21.9 Å². The van der Waals surface area contributed by atoms with E-state index in [2.05, 4.69) is 5.32 Å². The first-order valence-electron chi connectivity index (χ1n) is 7.47. The van der Waals surface area contributed by atoms with Crippen molar-refractivity contribution in [3.05, 3.63) is 65.7 Å². The molecule has 0 aliphatic heterocycles. The fraction of sp³-hybridized carbons (Fsp3) is 0.176. The van der Waals surface area contributed by atoms with E-state index in [1.165, 1.54) is 24.3 Å². The molecule has 0 bridgehead atoms. The number of carbonyl (C=O) groups excluding carboxylic acids is 2. The number of esters is 1. The molecule has 0 aliphatic carbocycles. The first kappa shape index (κ1) is 18.6. The molecule has 0 heterocycles. The summed E-state index contributed by atoms with van der Waals surface area (Å²) in [4.78, 5) is 23.4. The summed E-state index contributed by atoms with van der Waals surface area (Å²) in [5.41, 5.74) is 1.22. The van der Waals surface area contributed by atoms with Gasteiger partial charge >= 0.3 is 5.97 Å². The SMILES string of the molecule is NS(=O)(=O)c1ccc(C(=O)OCC(=O)NCCc2ccccc2)cc1. The van der Waals surface area contributed by atoms with Gasteiger partial charge in [-0.05, 0) is 36.2 Å². The molecule has 2 rings (SSSR count). The number of sulfonamides is 1. The van der Waals surface area contributed by atoms with Crippen molar-refractivity contribution in [1.29, 1.82) is 0 Å². The van der Waals surface area contributed by atoms with Crippen LogP contribution in [0.4, 0.5) is 0 Å². The number of carbonyl (C=O) groups is 2. The summed E-state index contributed by atoms with van der Waals surface area (Å²) >= 11 is 0. The van der Waals surface area contributed by atoms with Gasteiger partial charge in [-0.3, -0.25) is 4.79 Å². The summed E-state index contributed by atoms with van der Waals surface area (Å²) in [7, 11) is -3.82. The van der Waals surface area contributed by atoms with Crippen LogP contribution in [0.25, 0.3) is 0 Å². The van der Waals surface area contributed by atoms with Gasteiger partial charge in [-0.25, -0.2) is 18.4 Å². The molecular formula is C17H18N2O5S. The molecule has 25 heavy (non-hydrogen) atoms. The molecule has 0 fully saturated rings. The highest BCUT2D eigenvalue weighted by molar-refractivity contribution is 7.89. The van der Waals surface area contributed by atoms with Crippen LogP contribution in [0.1, 0.15) is 15.9 Å². The van der Waals surface area contributed by atoms with Gasteiger partial charge in [0.15, 0.2) is 6.61 Å². The van der Waals surface area contributed by atoms with Crippen LogP contribution >= 0.6 is 0 Å². The Morgan fingerprint density at radius 3 is 2.24 bits per heavy atom. The van der Waals surface area contributed by atoms with E-state index in [9.17, 15) is 18.0 Å². The molecule has 0 aromatic heterocycles. The molecule has 2 aromatic rings. The lowest BCUT2D eigenvalue weighted by Crippen LogP contribution is -2.30. The minimum Gasteiger partial charge on any atom is -0.452 e. The summed E-state index contributed by atoms with van der Waals surface area (Å²) in [6.45, 7) is 0.0218. The summed E-state index contributed by atoms with van der Waals surface area (Å²) in [5, 5.41) is 7.63. The highest BCUT2D eigenvalue weighted by Crippen LogP contribution is 2.09. The van der Waals surface area contributed by atoms with Gasteiger partial charge in [-0.1, -0.05) is 30.3 Å². The lowest BCUT2D eigenvalue weighted by Gasteiger charge is -2.07. The average Bonchev–Trinajstić information content (AvgIpc) is 2.60. The van der Waals surface area contributed by atoms with Gasteiger partial charge in [0.05, 0.1) is 10.5 Å². The lowest BCUT2D eigenvalue weighted by atomic mass is 10.1. The fourth-order valence-corrected chi connectivity index (χ4v) is 2.55. The van der Waals surface area contributed by atoms with Crippen LogP contribution in [0.15, 0.2) is 59.5 Å². The molecule has 0 aliphatic rings. The third kappa shape index (κ3) is 6.02. The molecule has 3 N–H and O–H groups in total. The maximum Gasteiger partial charge on any atom is 0.338 e. The van der Waals surface area contributed by atoms with Crippen LogP contribution in [-0.4, -0.2) is 33.4 Å². The van der Waals surface area contributed by atoms with Gasteiger partial charge in [0, 0.05) is 6.54 Å². The third-order valence-electron chi connectivity index (χ3n) is 3.33. The second-order valence-corrected chi connectivity index (χ2v) is 6.79. The highest BCUT2D eigenvalue weighted by Gasteiger charge is 2.12.